The minimum absolute atomic E-state index is 0.123. The molecule has 0 N–H and O–H groups in total. The SMILES string of the molecule is COC(=O)C1=C(c2cc(OC)c3c(c2)OCO3)c2ccccc2CN1c1ccccc1Br. The van der Waals surface area contributed by atoms with Gasteiger partial charge in [-0.3, -0.25) is 0 Å². The van der Waals surface area contributed by atoms with Crippen LogP contribution < -0.4 is 19.1 Å². The number of hydrogen-bond acceptors (Lipinski definition) is 6. The molecule has 162 valence electrons. The molecule has 0 saturated carbocycles. The summed E-state index contributed by atoms with van der Waals surface area (Å²) in [7, 11) is 2.98. The normalized spacial score (nSPS) is 14.3. The highest BCUT2D eigenvalue weighted by Crippen LogP contribution is 2.47. The van der Waals surface area contributed by atoms with E-state index in [1.165, 1.54) is 7.11 Å². The Balaban J connectivity index is 1.83. The Morgan fingerprint density at radius 3 is 2.59 bits per heavy atom. The van der Waals surface area contributed by atoms with Gasteiger partial charge in [0.1, 0.15) is 5.70 Å². The van der Waals surface area contributed by atoms with Crippen molar-refractivity contribution in [3.05, 3.63) is 87.5 Å². The first-order valence-corrected chi connectivity index (χ1v) is 10.8. The van der Waals surface area contributed by atoms with E-state index in [1.54, 1.807) is 7.11 Å². The van der Waals surface area contributed by atoms with Crippen LogP contribution in [0.1, 0.15) is 16.7 Å². The lowest BCUT2D eigenvalue weighted by molar-refractivity contribution is -0.136. The van der Waals surface area contributed by atoms with Crippen molar-refractivity contribution >= 4 is 33.2 Å². The molecule has 7 heteroatoms. The van der Waals surface area contributed by atoms with Crippen molar-refractivity contribution in [1.82, 2.24) is 0 Å². The van der Waals surface area contributed by atoms with Crippen LogP contribution in [0.5, 0.6) is 17.2 Å². The minimum atomic E-state index is -0.429. The Labute approximate surface area is 194 Å². The topological polar surface area (TPSA) is 57.2 Å². The zero-order valence-corrected chi connectivity index (χ0v) is 19.1. The first-order valence-electron chi connectivity index (χ1n) is 10.0. The molecule has 0 radical (unpaired) electrons. The first-order chi connectivity index (χ1) is 15.6. The number of hydrogen-bond donors (Lipinski definition) is 0. The molecule has 0 unspecified atom stereocenters. The Kier molecular flexibility index (Phi) is 5.27. The fourth-order valence-electron chi connectivity index (χ4n) is 4.17. The van der Waals surface area contributed by atoms with Gasteiger partial charge < -0.3 is 23.8 Å². The van der Waals surface area contributed by atoms with Crippen LogP contribution in [-0.4, -0.2) is 27.0 Å². The molecule has 2 aliphatic heterocycles. The average Bonchev–Trinajstić information content (AvgIpc) is 3.31. The van der Waals surface area contributed by atoms with Crippen LogP contribution in [0.4, 0.5) is 5.69 Å². The summed E-state index contributed by atoms with van der Waals surface area (Å²) < 4.78 is 22.9. The molecule has 0 saturated heterocycles. The predicted molar refractivity (Wildman–Crippen MR) is 124 cm³/mol. The largest absolute Gasteiger partial charge is 0.493 e. The average molecular weight is 494 g/mol. The van der Waals surface area contributed by atoms with Crippen LogP contribution in [0.15, 0.2) is 70.8 Å². The maximum Gasteiger partial charge on any atom is 0.355 e. The molecule has 0 spiro atoms. The lowest BCUT2D eigenvalue weighted by atomic mass is 9.87. The number of nitrogens with zero attached hydrogens (tertiary/aromatic N) is 1. The molecule has 3 aromatic carbocycles. The van der Waals surface area contributed by atoms with Crippen LogP contribution in [0.3, 0.4) is 0 Å². The van der Waals surface area contributed by atoms with Gasteiger partial charge in [-0.05, 0) is 56.9 Å². The van der Waals surface area contributed by atoms with Gasteiger partial charge in [0.2, 0.25) is 12.5 Å². The summed E-state index contributed by atoms with van der Waals surface area (Å²) in [5, 5.41) is 0. The second-order valence-electron chi connectivity index (χ2n) is 7.32. The number of ether oxygens (including phenoxy) is 4. The van der Waals surface area contributed by atoms with Crippen LogP contribution in [-0.2, 0) is 16.1 Å². The van der Waals surface area contributed by atoms with Crippen molar-refractivity contribution in [3.63, 3.8) is 0 Å². The Hall–Kier alpha value is -3.45. The summed E-state index contributed by atoms with van der Waals surface area (Å²) in [6.07, 6.45) is 0. The number of halogens is 1. The molecule has 0 fully saturated rings. The van der Waals surface area contributed by atoms with E-state index in [9.17, 15) is 4.79 Å². The number of carbonyl (C=O) groups is 1. The van der Waals surface area contributed by atoms with Crippen molar-refractivity contribution < 1.29 is 23.7 Å². The van der Waals surface area contributed by atoms with E-state index in [2.05, 4.69) is 22.0 Å². The molecule has 6 nitrogen and oxygen atoms in total. The summed E-state index contributed by atoms with van der Waals surface area (Å²) in [5.74, 6) is 1.25. The number of anilines is 1. The third-order valence-corrected chi connectivity index (χ3v) is 6.26. The zero-order valence-electron chi connectivity index (χ0n) is 17.6. The highest BCUT2D eigenvalue weighted by atomic mass is 79.9. The Morgan fingerprint density at radius 1 is 1.03 bits per heavy atom. The van der Waals surface area contributed by atoms with E-state index in [4.69, 9.17) is 18.9 Å². The summed E-state index contributed by atoms with van der Waals surface area (Å²) in [6.45, 7) is 0.645. The van der Waals surface area contributed by atoms with Gasteiger partial charge >= 0.3 is 5.97 Å². The maximum atomic E-state index is 13.2. The van der Waals surface area contributed by atoms with Crippen LogP contribution in [0, 0.1) is 0 Å². The van der Waals surface area contributed by atoms with E-state index in [1.807, 2.05) is 59.5 Å². The number of carbonyl (C=O) groups excluding carboxylic acids is 1. The highest BCUT2D eigenvalue weighted by Gasteiger charge is 2.34. The van der Waals surface area contributed by atoms with Gasteiger partial charge in [0, 0.05) is 16.6 Å². The standard InChI is InChI=1S/C25H20BrNO5/c1-29-20-11-16(12-21-24(20)32-14-31-21)22-17-8-4-3-7-15(17)13-27(23(22)25(28)30-2)19-10-6-5-9-18(19)26/h3-12H,13-14H2,1-2H3. The van der Waals surface area contributed by atoms with Gasteiger partial charge in [-0.25, -0.2) is 4.79 Å². The molecular weight excluding hydrogens is 474 g/mol. The molecule has 0 aromatic heterocycles. The quantitative estimate of drug-likeness (QED) is 0.469. The molecule has 2 heterocycles. The number of benzene rings is 3. The van der Waals surface area contributed by atoms with E-state index < -0.39 is 5.97 Å². The molecule has 32 heavy (non-hydrogen) atoms. The first kappa shape index (κ1) is 20.5. The van der Waals surface area contributed by atoms with Gasteiger partial charge in [0.05, 0.1) is 19.9 Å². The Bertz CT molecular complexity index is 1250. The van der Waals surface area contributed by atoms with E-state index >= 15 is 0 Å². The molecular formula is C25H20BrNO5. The lowest BCUT2D eigenvalue weighted by Gasteiger charge is -2.34. The molecule has 0 bridgehead atoms. The monoisotopic (exact) mass is 493 g/mol. The van der Waals surface area contributed by atoms with Gasteiger partial charge in [-0.2, -0.15) is 0 Å². The number of esters is 1. The zero-order chi connectivity index (χ0) is 22.2. The van der Waals surface area contributed by atoms with Crippen LogP contribution in [0.25, 0.3) is 5.57 Å². The second kappa shape index (κ2) is 8.24. The summed E-state index contributed by atoms with van der Waals surface area (Å²) >= 11 is 3.64. The van der Waals surface area contributed by atoms with Crippen molar-refractivity contribution in [1.29, 1.82) is 0 Å². The molecule has 5 rings (SSSR count). The number of rotatable bonds is 4. The van der Waals surface area contributed by atoms with E-state index in [-0.39, 0.29) is 6.79 Å². The van der Waals surface area contributed by atoms with Crippen LogP contribution >= 0.6 is 15.9 Å². The third-order valence-electron chi connectivity index (χ3n) is 5.59. The van der Waals surface area contributed by atoms with Gasteiger partial charge in [-0.1, -0.05) is 36.4 Å². The van der Waals surface area contributed by atoms with Crippen LogP contribution in [0.2, 0.25) is 0 Å². The van der Waals surface area contributed by atoms with Crippen molar-refractivity contribution in [2.75, 3.05) is 25.9 Å². The Morgan fingerprint density at radius 2 is 1.81 bits per heavy atom. The number of fused-ring (bicyclic) bond motifs is 2. The molecule has 2 aliphatic rings. The second-order valence-corrected chi connectivity index (χ2v) is 8.18. The van der Waals surface area contributed by atoms with Gasteiger partial charge in [0.15, 0.2) is 11.5 Å². The fraction of sp³-hybridized carbons (Fsp3) is 0.160. The van der Waals surface area contributed by atoms with Crippen molar-refractivity contribution in [2.24, 2.45) is 0 Å². The molecule has 0 atom stereocenters. The van der Waals surface area contributed by atoms with Crippen molar-refractivity contribution in [3.8, 4) is 17.2 Å². The lowest BCUT2D eigenvalue weighted by Crippen LogP contribution is -2.33. The summed E-state index contributed by atoms with van der Waals surface area (Å²) in [5.41, 5.74) is 4.87. The van der Waals surface area contributed by atoms with E-state index in [0.717, 1.165) is 32.4 Å². The van der Waals surface area contributed by atoms with Gasteiger partial charge in [0.25, 0.3) is 0 Å². The van der Waals surface area contributed by atoms with Crippen molar-refractivity contribution in [2.45, 2.75) is 6.54 Å². The van der Waals surface area contributed by atoms with E-state index in [0.29, 0.717) is 29.5 Å². The minimum Gasteiger partial charge on any atom is -0.493 e. The van der Waals surface area contributed by atoms with Gasteiger partial charge in [-0.15, -0.1) is 0 Å². The number of methoxy groups -OCH3 is 2. The predicted octanol–water partition coefficient (Wildman–Crippen LogP) is 5.14. The number of para-hydroxylation sites is 1. The summed E-state index contributed by atoms with van der Waals surface area (Å²) in [4.78, 5) is 15.2. The molecule has 0 aliphatic carbocycles. The maximum absolute atomic E-state index is 13.2. The summed E-state index contributed by atoms with van der Waals surface area (Å²) in [6, 6.07) is 19.6. The third kappa shape index (κ3) is 3.29. The fourth-order valence-corrected chi connectivity index (χ4v) is 4.66. The molecule has 3 aromatic rings. The highest BCUT2D eigenvalue weighted by molar-refractivity contribution is 9.10. The smallest absolute Gasteiger partial charge is 0.355 e. The molecule has 0 amide bonds.